The molecule has 1 N–H and O–H groups in total. The summed E-state index contributed by atoms with van der Waals surface area (Å²) in [4.78, 5) is 0. The highest BCUT2D eigenvalue weighted by molar-refractivity contribution is 9.11. The van der Waals surface area contributed by atoms with Crippen LogP contribution in [0.4, 0.5) is 0 Å². The molecule has 0 amide bonds. The number of rotatable bonds is 6. The summed E-state index contributed by atoms with van der Waals surface area (Å²) in [5.74, 6) is 0. The molecule has 0 radical (unpaired) electrons. The van der Waals surface area contributed by atoms with Crippen molar-refractivity contribution in [1.29, 1.82) is 0 Å². The molecule has 19 heavy (non-hydrogen) atoms. The summed E-state index contributed by atoms with van der Waals surface area (Å²) in [5.41, 5.74) is 2.71. The van der Waals surface area contributed by atoms with Gasteiger partial charge in [0.1, 0.15) is 0 Å². The van der Waals surface area contributed by atoms with Gasteiger partial charge in [0, 0.05) is 15.0 Å². The lowest BCUT2D eigenvalue weighted by Crippen LogP contribution is -2.24. The van der Waals surface area contributed by atoms with Gasteiger partial charge in [-0.25, -0.2) is 0 Å². The zero-order valence-corrected chi connectivity index (χ0v) is 14.8. The molecule has 1 unspecified atom stereocenters. The minimum Gasteiger partial charge on any atom is -0.310 e. The predicted octanol–water partition coefficient (Wildman–Crippen LogP) is 5.56. The lowest BCUT2D eigenvalue weighted by molar-refractivity contribution is 0.528. The van der Waals surface area contributed by atoms with Crippen molar-refractivity contribution in [1.82, 2.24) is 5.32 Å². The topological polar surface area (TPSA) is 12.0 Å². The minimum absolute atomic E-state index is 0.349. The van der Waals surface area contributed by atoms with E-state index in [4.69, 9.17) is 0 Å². The molecule has 1 aromatic heterocycles. The average molecular weight is 403 g/mol. The van der Waals surface area contributed by atoms with Crippen LogP contribution in [0.25, 0.3) is 0 Å². The smallest absolute Gasteiger partial charge is 0.0372 e. The second kappa shape index (κ2) is 7.58. The van der Waals surface area contributed by atoms with E-state index in [0.29, 0.717) is 6.04 Å². The third-order valence-electron chi connectivity index (χ3n) is 2.99. The largest absolute Gasteiger partial charge is 0.310 e. The van der Waals surface area contributed by atoms with Gasteiger partial charge in [-0.2, -0.15) is 11.3 Å². The maximum atomic E-state index is 3.67. The van der Waals surface area contributed by atoms with Crippen LogP contribution in [0.3, 0.4) is 0 Å². The van der Waals surface area contributed by atoms with Crippen LogP contribution in [-0.2, 0) is 6.42 Å². The molecule has 1 atom stereocenters. The van der Waals surface area contributed by atoms with Gasteiger partial charge in [0.15, 0.2) is 0 Å². The van der Waals surface area contributed by atoms with E-state index in [1.54, 1.807) is 11.3 Å². The van der Waals surface area contributed by atoms with Crippen molar-refractivity contribution in [3.8, 4) is 0 Å². The van der Waals surface area contributed by atoms with Gasteiger partial charge < -0.3 is 5.32 Å². The molecular weight excluding hydrogens is 386 g/mol. The summed E-state index contributed by atoms with van der Waals surface area (Å²) < 4.78 is 2.29. The summed E-state index contributed by atoms with van der Waals surface area (Å²) in [5, 5.41) is 8.02. The Morgan fingerprint density at radius 1 is 1.26 bits per heavy atom. The number of benzene rings is 1. The van der Waals surface area contributed by atoms with E-state index in [1.165, 1.54) is 15.6 Å². The van der Waals surface area contributed by atoms with Gasteiger partial charge in [-0.15, -0.1) is 0 Å². The molecule has 0 aliphatic rings. The molecule has 4 heteroatoms. The lowest BCUT2D eigenvalue weighted by atomic mass is 10.0. The van der Waals surface area contributed by atoms with Crippen molar-refractivity contribution in [2.24, 2.45) is 0 Å². The first-order valence-electron chi connectivity index (χ1n) is 6.40. The molecule has 0 aliphatic carbocycles. The Labute approximate surface area is 135 Å². The molecule has 1 aromatic carbocycles. The highest BCUT2D eigenvalue weighted by Gasteiger charge is 2.15. The molecule has 0 saturated heterocycles. The van der Waals surface area contributed by atoms with Gasteiger partial charge in [0.05, 0.1) is 0 Å². The summed E-state index contributed by atoms with van der Waals surface area (Å²) in [6.45, 7) is 3.23. The second-order valence-electron chi connectivity index (χ2n) is 4.51. The summed E-state index contributed by atoms with van der Waals surface area (Å²) in [6.07, 6.45) is 2.17. The maximum absolute atomic E-state index is 3.67. The molecular formula is C15H17Br2NS. The van der Waals surface area contributed by atoms with Gasteiger partial charge in [0.2, 0.25) is 0 Å². The lowest BCUT2D eigenvalue weighted by Gasteiger charge is -2.20. The molecule has 0 spiro atoms. The predicted molar refractivity (Wildman–Crippen MR) is 90.9 cm³/mol. The summed E-state index contributed by atoms with van der Waals surface area (Å²) >= 11 is 8.99. The molecule has 0 aliphatic heterocycles. The van der Waals surface area contributed by atoms with Crippen molar-refractivity contribution in [3.05, 3.63) is 55.1 Å². The van der Waals surface area contributed by atoms with Crippen LogP contribution in [0.2, 0.25) is 0 Å². The Morgan fingerprint density at radius 2 is 2.11 bits per heavy atom. The third kappa shape index (κ3) is 4.42. The van der Waals surface area contributed by atoms with Crippen LogP contribution in [0.15, 0.2) is 44.0 Å². The molecule has 102 valence electrons. The number of nitrogens with one attached hydrogen (secondary N) is 1. The maximum Gasteiger partial charge on any atom is 0.0372 e. The van der Waals surface area contributed by atoms with Crippen molar-refractivity contribution in [3.63, 3.8) is 0 Å². The molecule has 0 bridgehead atoms. The van der Waals surface area contributed by atoms with Crippen molar-refractivity contribution in [2.45, 2.75) is 25.8 Å². The van der Waals surface area contributed by atoms with Crippen LogP contribution in [0.1, 0.15) is 30.5 Å². The van der Waals surface area contributed by atoms with Crippen molar-refractivity contribution < 1.29 is 0 Å². The summed E-state index contributed by atoms with van der Waals surface area (Å²) in [6, 6.07) is 8.92. The number of hydrogen-bond acceptors (Lipinski definition) is 2. The van der Waals surface area contributed by atoms with E-state index in [2.05, 4.69) is 79.1 Å². The third-order valence-corrected chi connectivity index (χ3v) is 4.94. The van der Waals surface area contributed by atoms with Gasteiger partial charge in [-0.1, -0.05) is 38.8 Å². The fourth-order valence-corrected chi connectivity index (χ4v) is 3.62. The first kappa shape index (κ1) is 15.2. The van der Waals surface area contributed by atoms with E-state index in [-0.39, 0.29) is 0 Å². The highest BCUT2D eigenvalue weighted by atomic mass is 79.9. The molecule has 0 fully saturated rings. The quantitative estimate of drug-likeness (QED) is 0.667. The Bertz CT molecular complexity index is 511. The molecule has 2 rings (SSSR count). The van der Waals surface area contributed by atoms with Crippen molar-refractivity contribution in [2.75, 3.05) is 6.54 Å². The van der Waals surface area contributed by atoms with E-state index in [9.17, 15) is 0 Å². The monoisotopic (exact) mass is 401 g/mol. The molecule has 2 aromatic rings. The number of halogens is 2. The van der Waals surface area contributed by atoms with Crippen molar-refractivity contribution >= 4 is 43.2 Å². The van der Waals surface area contributed by atoms with E-state index < -0.39 is 0 Å². The van der Waals surface area contributed by atoms with Crippen LogP contribution in [0.5, 0.6) is 0 Å². The molecule has 0 saturated carbocycles. The first-order valence-corrected chi connectivity index (χ1v) is 8.93. The standard InChI is InChI=1S/C15H17Br2NS/c1-2-6-18-15(8-11-5-7-19-10-11)13-9-12(16)3-4-14(13)17/h3-5,7,9-10,15,18H,2,6,8H2,1H3. The fourth-order valence-electron chi connectivity index (χ4n) is 2.04. The van der Waals surface area contributed by atoms with Gasteiger partial charge in [-0.05, 0) is 65.5 Å². The van der Waals surface area contributed by atoms with E-state index in [1.807, 2.05) is 0 Å². The Balaban J connectivity index is 2.23. The average Bonchev–Trinajstić information content (AvgIpc) is 2.90. The SMILES string of the molecule is CCCNC(Cc1ccsc1)c1cc(Br)ccc1Br. The Kier molecular flexibility index (Phi) is 6.07. The highest BCUT2D eigenvalue weighted by Crippen LogP contribution is 2.29. The summed E-state index contributed by atoms with van der Waals surface area (Å²) in [7, 11) is 0. The zero-order chi connectivity index (χ0) is 13.7. The van der Waals surface area contributed by atoms with Crippen LogP contribution in [-0.4, -0.2) is 6.54 Å². The molecule has 1 nitrogen and oxygen atoms in total. The van der Waals surface area contributed by atoms with Gasteiger partial charge >= 0.3 is 0 Å². The van der Waals surface area contributed by atoms with Crippen LogP contribution < -0.4 is 5.32 Å². The van der Waals surface area contributed by atoms with Crippen LogP contribution in [0, 0.1) is 0 Å². The normalized spacial score (nSPS) is 12.6. The van der Waals surface area contributed by atoms with Gasteiger partial charge in [0.25, 0.3) is 0 Å². The van der Waals surface area contributed by atoms with E-state index >= 15 is 0 Å². The zero-order valence-electron chi connectivity index (χ0n) is 10.8. The second-order valence-corrected chi connectivity index (χ2v) is 7.06. The minimum atomic E-state index is 0.349. The number of thiophene rings is 1. The first-order chi connectivity index (χ1) is 9.20. The number of hydrogen-bond donors (Lipinski definition) is 1. The van der Waals surface area contributed by atoms with Gasteiger partial charge in [-0.3, -0.25) is 0 Å². The Morgan fingerprint density at radius 3 is 2.79 bits per heavy atom. The fraction of sp³-hybridized carbons (Fsp3) is 0.333. The van der Waals surface area contributed by atoms with Crippen LogP contribution >= 0.6 is 43.2 Å². The molecule has 1 heterocycles. The van der Waals surface area contributed by atoms with E-state index in [0.717, 1.165) is 23.9 Å². The Hall–Kier alpha value is -0.160.